The van der Waals surface area contributed by atoms with E-state index < -0.39 is 0 Å². The van der Waals surface area contributed by atoms with Gasteiger partial charge in [0, 0.05) is 18.7 Å². The molecule has 0 aromatic rings. The molecule has 0 amide bonds. The first-order valence-electron chi connectivity index (χ1n) is 3.63. The molecule has 1 aliphatic heterocycles. The van der Waals surface area contributed by atoms with Gasteiger partial charge in [0.2, 0.25) is 0 Å². The van der Waals surface area contributed by atoms with Gasteiger partial charge in [-0.2, -0.15) is 0 Å². The van der Waals surface area contributed by atoms with Gasteiger partial charge in [-0.15, -0.1) is 0 Å². The molecule has 2 rings (SSSR count). The van der Waals surface area contributed by atoms with Crippen molar-refractivity contribution in [2.75, 3.05) is 6.54 Å². The molecule has 0 fully saturated rings. The lowest BCUT2D eigenvalue weighted by molar-refractivity contribution is 0.977. The van der Waals surface area contributed by atoms with Crippen molar-refractivity contribution in [3.63, 3.8) is 0 Å². The van der Waals surface area contributed by atoms with Gasteiger partial charge in [0.1, 0.15) is 0 Å². The molecule has 0 N–H and O–H groups in total. The molecule has 2 bridgehead atoms. The minimum atomic E-state index is 0.964. The molecule has 1 aliphatic carbocycles. The summed E-state index contributed by atoms with van der Waals surface area (Å²) in [7, 11) is 0. The highest BCUT2D eigenvalue weighted by Gasteiger charge is 2.13. The minimum Gasteiger partial charge on any atom is -0.289 e. The fraction of sp³-hybridized carbons (Fsp3) is 0.333. The van der Waals surface area contributed by atoms with Gasteiger partial charge in [0.25, 0.3) is 0 Å². The van der Waals surface area contributed by atoms with Gasteiger partial charge in [-0.3, -0.25) is 4.99 Å². The molecule has 0 spiro atoms. The zero-order valence-corrected chi connectivity index (χ0v) is 6.09. The molecule has 1 radical (unpaired) electrons. The largest absolute Gasteiger partial charge is 0.289 e. The summed E-state index contributed by atoms with van der Waals surface area (Å²) in [6, 6.07) is 0. The van der Waals surface area contributed by atoms with Crippen LogP contribution in [-0.4, -0.2) is 12.3 Å². The van der Waals surface area contributed by atoms with Crippen LogP contribution in [0.3, 0.4) is 0 Å². The first kappa shape index (κ1) is 5.90. The van der Waals surface area contributed by atoms with Crippen LogP contribution >= 0.6 is 0 Å². The Morgan fingerprint density at radius 1 is 1.40 bits per heavy atom. The second-order valence-electron chi connectivity index (χ2n) is 2.73. The Morgan fingerprint density at radius 2 is 2.30 bits per heavy atom. The molecule has 0 aromatic heterocycles. The Bertz CT molecular complexity index is 243. The SMILES string of the molecule is CC1=NCCC2=CC=C1[CH]2. The number of rotatable bonds is 0. The third-order valence-electron chi connectivity index (χ3n) is 1.99. The molecule has 1 heteroatoms. The van der Waals surface area contributed by atoms with E-state index in [1.165, 1.54) is 16.9 Å². The first-order chi connectivity index (χ1) is 4.86. The molecule has 1 nitrogen and oxygen atoms in total. The maximum atomic E-state index is 4.38. The predicted molar refractivity (Wildman–Crippen MR) is 43.1 cm³/mol. The highest BCUT2D eigenvalue weighted by Crippen LogP contribution is 2.24. The zero-order chi connectivity index (χ0) is 6.97. The van der Waals surface area contributed by atoms with E-state index in [-0.39, 0.29) is 0 Å². The minimum absolute atomic E-state index is 0.964. The van der Waals surface area contributed by atoms with Crippen molar-refractivity contribution in [2.45, 2.75) is 13.3 Å². The number of nitrogens with zero attached hydrogens (tertiary/aromatic N) is 1. The maximum absolute atomic E-state index is 4.38. The topological polar surface area (TPSA) is 12.4 Å². The van der Waals surface area contributed by atoms with E-state index in [0.29, 0.717) is 0 Å². The van der Waals surface area contributed by atoms with E-state index in [9.17, 15) is 0 Å². The van der Waals surface area contributed by atoms with E-state index in [4.69, 9.17) is 0 Å². The van der Waals surface area contributed by atoms with Crippen LogP contribution in [-0.2, 0) is 0 Å². The second-order valence-corrected chi connectivity index (χ2v) is 2.73. The fourth-order valence-electron chi connectivity index (χ4n) is 1.32. The van der Waals surface area contributed by atoms with Crippen molar-refractivity contribution in [3.05, 3.63) is 29.7 Å². The van der Waals surface area contributed by atoms with Gasteiger partial charge < -0.3 is 0 Å². The molecular formula is C9H10N. The lowest BCUT2D eigenvalue weighted by Gasteiger charge is -1.95. The number of aliphatic imine (C=N–C) groups is 1. The van der Waals surface area contributed by atoms with Crippen LogP contribution in [0.1, 0.15) is 13.3 Å². The van der Waals surface area contributed by atoms with Crippen molar-refractivity contribution < 1.29 is 0 Å². The summed E-state index contributed by atoms with van der Waals surface area (Å²) in [6.45, 7) is 3.04. The third-order valence-corrected chi connectivity index (χ3v) is 1.99. The van der Waals surface area contributed by atoms with Crippen molar-refractivity contribution in [2.24, 2.45) is 4.99 Å². The normalized spacial score (nSPS) is 23.1. The molecule has 51 valence electrons. The van der Waals surface area contributed by atoms with Gasteiger partial charge in [-0.25, -0.2) is 0 Å². The van der Waals surface area contributed by atoms with Crippen LogP contribution in [0.15, 0.2) is 28.3 Å². The lowest BCUT2D eigenvalue weighted by Crippen LogP contribution is -1.93. The van der Waals surface area contributed by atoms with Crippen LogP contribution in [0, 0.1) is 6.42 Å². The standard InChI is InChI=1S/C9H10N/c1-7-9-3-2-8(6-9)4-5-10-7/h2-3,6H,4-5H2,1H3. The van der Waals surface area contributed by atoms with E-state index in [2.05, 4.69) is 30.5 Å². The average Bonchev–Trinajstić information content (AvgIpc) is 2.27. The number of allylic oxidation sites excluding steroid dienone is 3. The molecule has 10 heavy (non-hydrogen) atoms. The van der Waals surface area contributed by atoms with E-state index in [1.807, 2.05) is 0 Å². The Hall–Kier alpha value is -0.850. The number of hydrogen-bond acceptors (Lipinski definition) is 1. The smallest absolute Gasteiger partial charge is 0.0430 e. The van der Waals surface area contributed by atoms with Gasteiger partial charge >= 0.3 is 0 Å². The predicted octanol–water partition coefficient (Wildman–Crippen LogP) is 1.92. The van der Waals surface area contributed by atoms with Crippen molar-refractivity contribution in [3.8, 4) is 0 Å². The average molecular weight is 132 g/mol. The third kappa shape index (κ3) is 0.821. The Kier molecular flexibility index (Phi) is 1.23. The fourth-order valence-corrected chi connectivity index (χ4v) is 1.32. The first-order valence-corrected chi connectivity index (χ1v) is 3.63. The summed E-state index contributed by atoms with van der Waals surface area (Å²) >= 11 is 0. The van der Waals surface area contributed by atoms with Crippen LogP contribution in [0.5, 0.6) is 0 Å². The summed E-state index contributed by atoms with van der Waals surface area (Å²) in [6.07, 6.45) is 7.67. The highest BCUT2D eigenvalue weighted by molar-refractivity contribution is 6.02. The lowest BCUT2D eigenvalue weighted by atomic mass is 10.1. The number of fused-ring (bicyclic) bond motifs is 2. The second kappa shape index (κ2) is 2.08. The molecule has 0 aromatic carbocycles. The van der Waals surface area contributed by atoms with Gasteiger partial charge in [-0.1, -0.05) is 17.7 Å². The van der Waals surface area contributed by atoms with Gasteiger partial charge in [0.05, 0.1) is 0 Å². The molecule has 1 heterocycles. The van der Waals surface area contributed by atoms with Crippen LogP contribution in [0.2, 0.25) is 0 Å². The van der Waals surface area contributed by atoms with E-state index in [1.54, 1.807) is 0 Å². The molecule has 0 saturated heterocycles. The van der Waals surface area contributed by atoms with Crippen LogP contribution in [0.4, 0.5) is 0 Å². The number of hydrogen-bond donors (Lipinski definition) is 0. The summed E-state index contributed by atoms with van der Waals surface area (Å²) in [5.41, 5.74) is 3.91. The molecule has 0 atom stereocenters. The summed E-state index contributed by atoms with van der Waals surface area (Å²) in [5, 5.41) is 0. The Morgan fingerprint density at radius 3 is 3.20 bits per heavy atom. The van der Waals surface area contributed by atoms with E-state index in [0.717, 1.165) is 13.0 Å². The summed E-state index contributed by atoms with van der Waals surface area (Å²) < 4.78 is 0. The zero-order valence-electron chi connectivity index (χ0n) is 6.09. The van der Waals surface area contributed by atoms with Crippen LogP contribution in [0.25, 0.3) is 0 Å². The maximum Gasteiger partial charge on any atom is 0.0430 e. The quantitative estimate of drug-likeness (QED) is 0.477. The molecule has 2 aliphatic rings. The van der Waals surface area contributed by atoms with Crippen molar-refractivity contribution >= 4 is 5.71 Å². The van der Waals surface area contributed by atoms with Crippen LogP contribution < -0.4 is 0 Å². The monoisotopic (exact) mass is 132 g/mol. The summed E-state index contributed by atoms with van der Waals surface area (Å²) in [5.74, 6) is 0. The molecule has 0 saturated carbocycles. The Labute approximate surface area is 61.2 Å². The van der Waals surface area contributed by atoms with Gasteiger partial charge in [-0.05, 0) is 18.9 Å². The highest BCUT2D eigenvalue weighted by atomic mass is 14.7. The Balaban J connectivity index is 2.35. The summed E-state index contributed by atoms with van der Waals surface area (Å²) in [4.78, 5) is 4.38. The van der Waals surface area contributed by atoms with Crippen molar-refractivity contribution in [1.29, 1.82) is 0 Å². The molecule has 0 unspecified atom stereocenters. The van der Waals surface area contributed by atoms with E-state index >= 15 is 0 Å². The van der Waals surface area contributed by atoms with Crippen molar-refractivity contribution in [1.82, 2.24) is 0 Å². The van der Waals surface area contributed by atoms with Gasteiger partial charge in [0.15, 0.2) is 0 Å². The molecular weight excluding hydrogens is 122 g/mol.